The monoisotopic (exact) mass is 327 g/mol. The molecule has 1 rings (SSSR count). The molecule has 0 aliphatic carbocycles. The van der Waals surface area contributed by atoms with Gasteiger partial charge in [0.05, 0.1) is 4.90 Å². The highest BCUT2D eigenvalue weighted by molar-refractivity contribution is 7.89. The lowest BCUT2D eigenvalue weighted by Crippen LogP contribution is -2.33. The molecule has 0 unspecified atom stereocenters. The number of nitrogens with one attached hydrogen (secondary N) is 1. The summed E-state index contributed by atoms with van der Waals surface area (Å²) in [5, 5.41) is 2.76. The first kappa shape index (κ1) is 18.6. The van der Waals surface area contributed by atoms with Gasteiger partial charge in [0.15, 0.2) is 0 Å². The molecule has 6 nitrogen and oxygen atoms in total. The van der Waals surface area contributed by atoms with E-state index in [2.05, 4.69) is 5.32 Å². The number of benzene rings is 1. The minimum atomic E-state index is -3.59. The molecule has 0 heterocycles. The van der Waals surface area contributed by atoms with E-state index in [1.807, 2.05) is 0 Å². The lowest BCUT2D eigenvalue weighted by molar-refractivity contribution is 0.0953. The van der Waals surface area contributed by atoms with Gasteiger partial charge in [-0.15, -0.1) is 0 Å². The largest absolute Gasteiger partial charge is 0.352 e. The Morgan fingerprint density at radius 2 is 2.00 bits per heavy atom. The Morgan fingerprint density at radius 3 is 2.59 bits per heavy atom. The number of unbranched alkanes of at least 4 members (excludes halogenated alkanes) is 1. The van der Waals surface area contributed by atoms with Crippen molar-refractivity contribution in [3.63, 3.8) is 0 Å². The molecule has 7 heteroatoms. The van der Waals surface area contributed by atoms with Gasteiger partial charge in [-0.25, -0.2) is 8.42 Å². The van der Waals surface area contributed by atoms with Gasteiger partial charge in [-0.2, -0.15) is 4.31 Å². The number of rotatable bonds is 8. The van der Waals surface area contributed by atoms with Crippen LogP contribution in [0.2, 0.25) is 0 Å². The van der Waals surface area contributed by atoms with Crippen LogP contribution in [0.4, 0.5) is 0 Å². The SMILES string of the molecule is CC(C)N(C)S(=O)(=O)c1cccc(C(=O)NCCCCN)c1. The van der Waals surface area contributed by atoms with Crippen LogP contribution in [0, 0.1) is 0 Å². The summed E-state index contributed by atoms with van der Waals surface area (Å²) in [5.74, 6) is -0.277. The number of amides is 1. The van der Waals surface area contributed by atoms with E-state index >= 15 is 0 Å². The smallest absolute Gasteiger partial charge is 0.251 e. The van der Waals surface area contributed by atoms with Crippen LogP contribution in [-0.2, 0) is 10.0 Å². The number of sulfonamides is 1. The van der Waals surface area contributed by atoms with Crippen molar-refractivity contribution in [3.8, 4) is 0 Å². The number of hydrogen-bond acceptors (Lipinski definition) is 4. The maximum absolute atomic E-state index is 12.4. The second kappa shape index (κ2) is 8.26. The number of nitrogens with two attached hydrogens (primary N) is 1. The Balaban J connectivity index is 2.88. The third kappa shape index (κ3) is 4.79. The molecule has 1 aromatic carbocycles. The van der Waals surface area contributed by atoms with E-state index in [1.54, 1.807) is 26.0 Å². The van der Waals surface area contributed by atoms with Crippen LogP contribution in [0.25, 0.3) is 0 Å². The van der Waals surface area contributed by atoms with Crippen molar-refractivity contribution in [2.45, 2.75) is 37.6 Å². The van der Waals surface area contributed by atoms with Crippen LogP contribution in [0.15, 0.2) is 29.2 Å². The van der Waals surface area contributed by atoms with Crippen LogP contribution in [0.1, 0.15) is 37.0 Å². The average Bonchev–Trinajstić information content (AvgIpc) is 2.50. The molecule has 0 spiro atoms. The Labute approximate surface area is 132 Å². The molecule has 22 heavy (non-hydrogen) atoms. The minimum absolute atomic E-state index is 0.123. The highest BCUT2D eigenvalue weighted by Gasteiger charge is 2.23. The topological polar surface area (TPSA) is 92.5 Å². The summed E-state index contributed by atoms with van der Waals surface area (Å²) in [7, 11) is -2.06. The third-order valence-corrected chi connectivity index (χ3v) is 5.45. The fourth-order valence-electron chi connectivity index (χ4n) is 1.81. The van der Waals surface area contributed by atoms with E-state index in [-0.39, 0.29) is 16.8 Å². The molecule has 1 amide bonds. The first-order valence-corrected chi connectivity index (χ1v) is 8.81. The van der Waals surface area contributed by atoms with Crippen molar-refractivity contribution in [3.05, 3.63) is 29.8 Å². The van der Waals surface area contributed by atoms with Crippen LogP contribution in [0.5, 0.6) is 0 Å². The molecular formula is C15H25N3O3S. The third-order valence-electron chi connectivity index (χ3n) is 3.42. The highest BCUT2D eigenvalue weighted by Crippen LogP contribution is 2.17. The van der Waals surface area contributed by atoms with E-state index in [0.29, 0.717) is 18.7 Å². The molecule has 0 fully saturated rings. The van der Waals surface area contributed by atoms with Gasteiger partial charge in [-0.3, -0.25) is 4.79 Å². The fraction of sp³-hybridized carbons (Fsp3) is 0.533. The van der Waals surface area contributed by atoms with Crippen molar-refractivity contribution in [2.75, 3.05) is 20.1 Å². The van der Waals surface area contributed by atoms with Crippen LogP contribution >= 0.6 is 0 Å². The van der Waals surface area contributed by atoms with Gasteiger partial charge < -0.3 is 11.1 Å². The van der Waals surface area contributed by atoms with Gasteiger partial charge in [0.25, 0.3) is 5.91 Å². The molecule has 0 atom stereocenters. The first-order chi connectivity index (χ1) is 10.3. The molecule has 0 radical (unpaired) electrons. The van der Waals surface area contributed by atoms with E-state index in [4.69, 9.17) is 5.73 Å². The fourth-order valence-corrected chi connectivity index (χ4v) is 3.23. The molecule has 3 N–H and O–H groups in total. The normalized spacial score (nSPS) is 11.9. The molecule has 0 aromatic heterocycles. The van der Waals surface area contributed by atoms with Gasteiger partial charge in [0, 0.05) is 25.2 Å². The zero-order valence-electron chi connectivity index (χ0n) is 13.4. The van der Waals surface area contributed by atoms with Gasteiger partial charge in [-0.05, 0) is 51.4 Å². The summed E-state index contributed by atoms with van der Waals surface area (Å²) < 4.78 is 26.1. The maximum Gasteiger partial charge on any atom is 0.251 e. The summed E-state index contributed by atoms with van der Waals surface area (Å²) in [5.41, 5.74) is 5.73. The van der Waals surface area contributed by atoms with Crippen LogP contribution in [-0.4, -0.2) is 44.8 Å². The van der Waals surface area contributed by atoms with E-state index in [0.717, 1.165) is 12.8 Å². The quantitative estimate of drug-likeness (QED) is 0.701. The molecule has 0 aliphatic rings. The van der Waals surface area contributed by atoms with Gasteiger partial charge >= 0.3 is 0 Å². The maximum atomic E-state index is 12.4. The van der Waals surface area contributed by atoms with Gasteiger partial charge in [0.2, 0.25) is 10.0 Å². The van der Waals surface area contributed by atoms with Crippen molar-refractivity contribution in [1.82, 2.24) is 9.62 Å². The highest BCUT2D eigenvalue weighted by atomic mass is 32.2. The van der Waals surface area contributed by atoms with Crippen LogP contribution < -0.4 is 11.1 Å². The zero-order chi connectivity index (χ0) is 16.8. The lowest BCUT2D eigenvalue weighted by Gasteiger charge is -2.21. The van der Waals surface area contributed by atoms with E-state index < -0.39 is 10.0 Å². The second-order valence-electron chi connectivity index (χ2n) is 5.39. The van der Waals surface area contributed by atoms with Crippen molar-refractivity contribution >= 4 is 15.9 Å². The number of nitrogens with zero attached hydrogens (tertiary/aromatic N) is 1. The molecule has 124 valence electrons. The predicted molar refractivity (Wildman–Crippen MR) is 87.1 cm³/mol. The second-order valence-corrected chi connectivity index (χ2v) is 7.39. The number of carbonyl (C=O) groups is 1. The average molecular weight is 327 g/mol. The summed E-state index contributed by atoms with van der Waals surface area (Å²) in [6, 6.07) is 5.94. The summed E-state index contributed by atoms with van der Waals surface area (Å²) >= 11 is 0. The van der Waals surface area contributed by atoms with Gasteiger partial charge in [-0.1, -0.05) is 6.07 Å². The van der Waals surface area contributed by atoms with E-state index in [1.165, 1.54) is 23.5 Å². The zero-order valence-corrected chi connectivity index (χ0v) is 14.2. The Hall–Kier alpha value is -1.44. The summed E-state index contributed by atoms with van der Waals surface area (Å²) in [4.78, 5) is 12.2. The first-order valence-electron chi connectivity index (χ1n) is 7.37. The molecule has 0 bridgehead atoms. The molecule has 1 aromatic rings. The summed E-state index contributed by atoms with van der Waals surface area (Å²) in [6.07, 6.45) is 1.64. The minimum Gasteiger partial charge on any atom is -0.352 e. The molecule has 0 aliphatic heterocycles. The molecular weight excluding hydrogens is 302 g/mol. The standard InChI is InChI=1S/C15H25N3O3S/c1-12(2)18(3)22(20,21)14-8-6-7-13(11-14)15(19)17-10-5-4-9-16/h6-8,11-12H,4-5,9-10,16H2,1-3H3,(H,17,19). The Morgan fingerprint density at radius 1 is 1.32 bits per heavy atom. The Kier molecular flexibility index (Phi) is 6.99. The van der Waals surface area contributed by atoms with Crippen molar-refractivity contribution in [2.24, 2.45) is 5.73 Å². The predicted octanol–water partition coefficient (Wildman–Crippen LogP) is 1.18. The Bertz CT molecular complexity index is 600. The molecule has 0 saturated carbocycles. The lowest BCUT2D eigenvalue weighted by atomic mass is 10.2. The molecule has 0 saturated heterocycles. The number of carbonyl (C=O) groups excluding carboxylic acids is 1. The summed E-state index contributed by atoms with van der Waals surface area (Å²) in [6.45, 7) is 4.71. The number of hydrogen-bond donors (Lipinski definition) is 2. The van der Waals surface area contributed by atoms with Crippen LogP contribution in [0.3, 0.4) is 0 Å². The van der Waals surface area contributed by atoms with Crippen molar-refractivity contribution < 1.29 is 13.2 Å². The van der Waals surface area contributed by atoms with E-state index in [9.17, 15) is 13.2 Å². The van der Waals surface area contributed by atoms with Gasteiger partial charge in [0.1, 0.15) is 0 Å². The van der Waals surface area contributed by atoms with Crippen molar-refractivity contribution in [1.29, 1.82) is 0 Å².